The fourth-order valence-corrected chi connectivity index (χ4v) is 6.25. The Labute approximate surface area is 291 Å². The van der Waals surface area contributed by atoms with Crippen LogP contribution in [0.5, 0.6) is 0 Å². The molecule has 0 saturated carbocycles. The van der Waals surface area contributed by atoms with Crippen molar-refractivity contribution in [3.63, 3.8) is 0 Å². The van der Waals surface area contributed by atoms with Crippen molar-refractivity contribution in [3.05, 3.63) is 88.2 Å². The molecule has 264 valence electrons. The Morgan fingerprint density at radius 2 is 1.57 bits per heavy atom. The number of anilines is 1. The minimum absolute atomic E-state index is 0.0537. The lowest BCUT2D eigenvalue weighted by atomic mass is 9.90. The van der Waals surface area contributed by atoms with Gasteiger partial charge in [-0.2, -0.15) is 13.2 Å². The second-order valence-corrected chi connectivity index (χ2v) is 12.8. The van der Waals surface area contributed by atoms with Gasteiger partial charge in [-0.25, -0.2) is 14.2 Å². The van der Waals surface area contributed by atoms with E-state index in [1.54, 1.807) is 17.0 Å². The molecule has 3 heterocycles. The van der Waals surface area contributed by atoms with Gasteiger partial charge in [-0.15, -0.1) is 0 Å². The third-order valence-corrected chi connectivity index (χ3v) is 9.38. The average molecular weight is 727 g/mol. The van der Waals surface area contributed by atoms with Crippen LogP contribution in [0.1, 0.15) is 48.2 Å². The molecule has 15 heteroatoms. The lowest BCUT2D eigenvalue weighted by molar-refractivity contribution is -0.192. The fraction of sp³-hybridized carbons (Fsp3) is 0.441. The first-order valence-corrected chi connectivity index (χ1v) is 16.7. The highest BCUT2D eigenvalue weighted by Gasteiger charge is 2.38. The number of piperidine rings is 2. The van der Waals surface area contributed by atoms with Gasteiger partial charge >= 0.3 is 12.1 Å². The van der Waals surface area contributed by atoms with Crippen molar-refractivity contribution in [1.29, 1.82) is 0 Å². The average Bonchev–Trinajstić information content (AvgIpc) is 3.09. The van der Waals surface area contributed by atoms with E-state index in [0.29, 0.717) is 54.1 Å². The monoisotopic (exact) mass is 725 g/mol. The van der Waals surface area contributed by atoms with Crippen molar-refractivity contribution < 1.29 is 37.1 Å². The topological polar surface area (TPSA) is 107 Å². The largest absolute Gasteiger partial charge is 0.490 e. The van der Waals surface area contributed by atoms with E-state index in [-0.39, 0.29) is 23.5 Å². The van der Waals surface area contributed by atoms with Gasteiger partial charge < -0.3 is 19.8 Å². The summed E-state index contributed by atoms with van der Waals surface area (Å²) in [5.41, 5.74) is 2.25. The summed E-state index contributed by atoms with van der Waals surface area (Å²) in [6, 6.07) is 12.2. The van der Waals surface area contributed by atoms with Crippen LogP contribution in [0.15, 0.2) is 61.1 Å². The van der Waals surface area contributed by atoms with Crippen LogP contribution in [-0.2, 0) is 16.0 Å². The minimum Gasteiger partial charge on any atom is -0.475 e. The third-order valence-electron chi connectivity index (χ3n) is 8.64. The first kappa shape index (κ1) is 38.0. The molecule has 2 amide bonds. The second-order valence-electron chi connectivity index (χ2n) is 12.0. The lowest BCUT2D eigenvalue weighted by Gasteiger charge is -2.35. The van der Waals surface area contributed by atoms with Gasteiger partial charge in [0.2, 0.25) is 5.91 Å². The van der Waals surface area contributed by atoms with E-state index in [2.05, 4.69) is 14.9 Å². The number of hydrogen-bond donors (Lipinski definition) is 1. The first-order chi connectivity index (χ1) is 23.3. The van der Waals surface area contributed by atoms with E-state index in [9.17, 15) is 27.2 Å². The standard InChI is InChI=1S/C32H36Cl2FN5O2.C2HF3O2/c33-28-7-6-27(21-29(28)34)40(31(41)25-10-18-39(19-11-25)32(42)30-22-36-12-13-37-30)15-1-14-38-16-8-24(9-17-38)20-23-2-4-26(35)5-3-23;3-2(4,5)1(6)7/h2-7,12-13,21-22,24-25H,1,8-11,14-20H2;(H,6,7). The zero-order chi connectivity index (χ0) is 35.6. The van der Waals surface area contributed by atoms with Crippen molar-refractivity contribution in [1.82, 2.24) is 19.8 Å². The fourth-order valence-electron chi connectivity index (χ4n) is 5.96. The van der Waals surface area contributed by atoms with Crippen LogP contribution >= 0.6 is 23.2 Å². The van der Waals surface area contributed by atoms with Gasteiger partial charge in [0, 0.05) is 43.6 Å². The maximum Gasteiger partial charge on any atom is 0.490 e. The van der Waals surface area contributed by atoms with Gasteiger partial charge in [-0.05, 0) is 100.0 Å². The number of carboxylic acids is 1. The molecule has 0 unspecified atom stereocenters. The lowest BCUT2D eigenvalue weighted by Crippen LogP contribution is -2.45. The van der Waals surface area contributed by atoms with E-state index >= 15 is 0 Å². The number of carbonyl (C=O) groups is 3. The Hall–Kier alpha value is -3.81. The van der Waals surface area contributed by atoms with Crippen molar-refractivity contribution >= 4 is 46.7 Å². The van der Waals surface area contributed by atoms with Crippen LogP contribution in [0.3, 0.4) is 0 Å². The molecule has 3 aromatic rings. The summed E-state index contributed by atoms with van der Waals surface area (Å²) in [5, 5.41) is 7.99. The number of likely N-dealkylation sites (tertiary alicyclic amines) is 2. The van der Waals surface area contributed by atoms with Gasteiger partial charge in [-0.3, -0.25) is 14.6 Å². The molecule has 5 rings (SSSR count). The summed E-state index contributed by atoms with van der Waals surface area (Å²) in [7, 11) is 0. The summed E-state index contributed by atoms with van der Waals surface area (Å²) < 4.78 is 45.0. The first-order valence-electron chi connectivity index (χ1n) is 15.9. The molecule has 49 heavy (non-hydrogen) atoms. The second kappa shape index (κ2) is 17.7. The van der Waals surface area contributed by atoms with Gasteiger partial charge in [0.05, 0.1) is 16.2 Å². The normalized spacial score (nSPS) is 16.1. The Morgan fingerprint density at radius 1 is 0.918 bits per heavy atom. The van der Waals surface area contributed by atoms with Crippen molar-refractivity contribution in [2.45, 2.75) is 44.7 Å². The number of carbonyl (C=O) groups excluding carboxylic acids is 2. The quantitative estimate of drug-likeness (QED) is 0.242. The highest BCUT2D eigenvalue weighted by atomic mass is 35.5. The maximum atomic E-state index is 13.8. The molecule has 2 aromatic carbocycles. The number of alkyl halides is 3. The van der Waals surface area contributed by atoms with Crippen molar-refractivity contribution in [3.8, 4) is 0 Å². The van der Waals surface area contributed by atoms with E-state index in [0.717, 1.165) is 51.0 Å². The Bertz CT molecular complexity index is 1550. The van der Waals surface area contributed by atoms with Crippen LogP contribution in [0.4, 0.5) is 23.2 Å². The van der Waals surface area contributed by atoms with Crippen LogP contribution in [0, 0.1) is 17.7 Å². The van der Waals surface area contributed by atoms with Gasteiger partial charge in [0.15, 0.2) is 0 Å². The number of aliphatic carboxylic acids is 1. The summed E-state index contributed by atoms with van der Waals surface area (Å²) in [4.78, 5) is 49.7. The number of benzene rings is 2. The minimum atomic E-state index is -5.08. The number of aromatic nitrogens is 2. The van der Waals surface area contributed by atoms with E-state index in [4.69, 9.17) is 33.1 Å². The van der Waals surface area contributed by atoms with Gasteiger partial charge in [-0.1, -0.05) is 35.3 Å². The number of halogens is 6. The molecule has 2 aliphatic rings. The molecule has 0 atom stereocenters. The molecule has 2 aliphatic heterocycles. The predicted octanol–water partition coefficient (Wildman–Crippen LogP) is 6.79. The third kappa shape index (κ3) is 11.4. The molecule has 0 radical (unpaired) electrons. The molecule has 2 saturated heterocycles. The maximum absolute atomic E-state index is 13.8. The van der Waals surface area contributed by atoms with E-state index < -0.39 is 12.1 Å². The molecule has 0 bridgehead atoms. The van der Waals surface area contributed by atoms with Crippen molar-refractivity contribution in [2.75, 3.05) is 44.2 Å². The molecular weight excluding hydrogens is 689 g/mol. The molecule has 1 N–H and O–H groups in total. The van der Waals surface area contributed by atoms with E-state index in [1.165, 1.54) is 36.3 Å². The summed E-state index contributed by atoms with van der Waals surface area (Å²) in [6.45, 7) is 4.50. The number of hydrogen-bond acceptors (Lipinski definition) is 6. The Morgan fingerprint density at radius 3 is 2.14 bits per heavy atom. The van der Waals surface area contributed by atoms with Crippen LogP contribution < -0.4 is 4.90 Å². The smallest absolute Gasteiger partial charge is 0.475 e. The van der Waals surface area contributed by atoms with E-state index in [1.807, 2.05) is 23.1 Å². The van der Waals surface area contributed by atoms with Crippen LogP contribution in [0.25, 0.3) is 0 Å². The highest BCUT2D eigenvalue weighted by Crippen LogP contribution is 2.30. The number of nitrogens with zero attached hydrogens (tertiary/aromatic N) is 5. The summed E-state index contributed by atoms with van der Waals surface area (Å²) in [6.07, 6.45) is 4.65. The Kier molecular flexibility index (Phi) is 13.7. The predicted molar refractivity (Wildman–Crippen MR) is 177 cm³/mol. The molecule has 0 aliphatic carbocycles. The molecule has 9 nitrogen and oxygen atoms in total. The van der Waals surface area contributed by atoms with Crippen LogP contribution in [-0.4, -0.2) is 88.1 Å². The van der Waals surface area contributed by atoms with Crippen LogP contribution in [0.2, 0.25) is 10.0 Å². The van der Waals surface area contributed by atoms with Crippen molar-refractivity contribution in [2.24, 2.45) is 11.8 Å². The number of rotatable bonds is 9. The summed E-state index contributed by atoms with van der Waals surface area (Å²) in [5.74, 6) is -2.64. The zero-order valence-electron chi connectivity index (χ0n) is 26.6. The Balaban J connectivity index is 0.000000698. The SMILES string of the molecule is O=C(O)C(F)(F)F.O=C(c1cnccn1)N1CCC(C(=O)N(CCCN2CCC(Cc3ccc(F)cc3)CC2)c2ccc(Cl)c(Cl)c2)CC1. The molecule has 0 spiro atoms. The molecule has 1 aromatic heterocycles. The number of amides is 2. The highest BCUT2D eigenvalue weighted by molar-refractivity contribution is 6.42. The molecular formula is C34H37Cl2F4N5O4. The zero-order valence-corrected chi connectivity index (χ0v) is 28.1. The summed E-state index contributed by atoms with van der Waals surface area (Å²) >= 11 is 12.5. The van der Waals surface area contributed by atoms with Gasteiger partial charge in [0.1, 0.15) is 11.5 Å². The van der Waals surface area contributed by atoms with Gasteiger partial charge in [0.25, 0.3) is 5.91 Å². The molecule has 2 fully saturated rings. The number of carboxylic acid groups (broad SMARTS) is 1.